The number of benzene rings is 2. The van der Waals surface area contributed by atoms with Gasteiger partial charge in [0.15, 0.2) is 0 Å². The first-order chi connectivity index (χ1) is 9.56. The molecule has 2 rings (SSSR count). The number of nitro groups is 1. The molecule has 0 aliphatic carbocycles. The maximum atomic E-state index is 13.4. The molecule has 7 heteroatoms. The second-order valence-corrected chi connectivity index (χ2v) is 4.76. The van der Waals surface area contributed by atoms with Gasteiger partial charge in [0.25, 0.3) is 5.69 Å². The van der Waals surface area contributed by atoms with Crippen LogP contribution in [0.2, 0.25) is 0 Å². The number of nitrogens with zero attached hydrogens (tertiary/aromatic N) is 2. The monoisotopic (exact) mass is 337 g/mol. The summed E-state index contributed by atoms with van der Waals surface area (Å²) < 4.78 is 14.2. The Morgan fingerprint density at radius 2 is 2.10 bits per heavy atom. The molecule has 0 aliphatic rings. The number of nitrogens with one attached hydrogen (secondary N) is 1. The molecular formula is C13H9BrFN3O2. The molecule has 20 heavy (non-hydrogen) atoms. The van der Waals surface area contributed by atoms with Crippen LogP contribution in [-0.4, -0.2) is 11.1 Å². The summed E-state index contributed by atoms with van der Waals surface area (Å²) in [6.07, 6.45) is 1.30. The summed E-state index contributed by atoms with van der Waals surface area (Å²) in [5.41, 5.74) is 3.33. The third-order valence-electron chi connectivity index (χ3n) is 2.41. The van der Waals surface area contributed by atoms with Crippen LogP contribution < -0.4 is 5.43 Å². The van der Waals surface area contributed by atoms with Gasteiger partial charge in [-0.2, -0.15) is 5.10 Å². The Labute approximate surface area is 122 Å². The van der Waals surface area contributed by atoms with Crippen LogP contribution in [0.3, 0.4) is 0 Å². The number of anilines is 1. The summed E-state index contributed by atoms with van der Waals surface area (Å²) in [5.74, 6) is -0.405. The van der Waals surface area contributed by atoms with E-state index in [1.165, 1.54) is 30.5 Å². The molecule has 2 aromatic rings. The molecule has 0 saturated heterocycles. The highest BCUT2D eigenvalue weighted by Gasteiger charge is 2.04. The number of hydrazone groups is 1. The third-order valence-corrected chi connectivity index (χ3v) is 2.91. The maximum absolute atomic E-state index is 13.4. The maximum Gasteiger partial charge on any atom is 0.271 e. The number of nitro benzene ring substituents is 1. The fraction of sp³-hybridized carbons (Fsp3) is 0. The van der Waals surface area contributed by atoms with Crippen LogP contribution in [0.15, 0.2) is 52.0 Å². The zero-order chi connectivity index (χ0) is 14.5. The van der Waals surface area contributed by atoms with Crippen LogP contribution >= 0.6 is 15.9 Å². The van der Waals surface area contributed by atoms with Gasteiger partial charge in [0, 0.05) is 22.2 Å². The van der Waals surface area contributed by atoms with E-state index in [9.17, 15) is 14.5 Å². The molecule has 0 fully saturated rings. The number of hydrogen-bond acceptors (Lipinski definition) is 4. The minimum absolute atomic E-state index is 0.0427. The Kier molecular flexibility index (Phi) is 4.41. The summed E-state index contributed by atoms with van der Waals surface area (Å²) in [6, 6.07) is 10.4. The molecule has 0 aliphatic heterocycles. The van der Waals surface area contributed by atoms with Gasteiger partial charge < -0.3 is 0 Å². The smallest absolute Gasteiger partial charge is 0.271 e. The van der Waals surface area contributed by atoms with Crippen molar-refractivity contribution in [3.8, 4) is 0 Å². The summed E-state index contributed by atoms with van der Waals surface area (Å²) in [6.45, 7) is 0. The van der Waals surface area contributed by atoms with Gasteiger partial charge in [-0.05, 0) is 24.3 Å². The van der Waals surface area contributed by atoms with Crippen molar-refractivity contribution in [2.45, 2.75) is 0 Å². The van der Waals surface area contributed by atoms with Gasteiger partial charge in [-0.25, -0.2) is 4.39 Å². The highest BCUT2D eigenvalue weighted by atomic mass is 79.9. The first kappa shape index (κ1) is 14.1. The van der Waals surface area contributed by atoms with Crippen LogP contribution in [0.5, 0.6) is 0 Å². The summed E-state index contributed by atoms with van der Waals surface area (Å²) in [4.78, 5) is 10.1. The molecule has 2 aromatic carbocycles. The second-order valence-electron chi connectivity index (χ2n) is 3.84. The molecule has 0 aromatic heterocycles. The van der Waals surface area contributed by atoms with Gasteiger partial charge in [0.1, 0.15) is 5.82 Å². The van der Waals surface area contributed by atoms with Crippen molar-refractivity contribution in [2.24, 2.45) is 5.10 Å². The zero-order valence-corrected chi connectivity index (χ0v) is 11.7. The third kappa shape index (κ3) is 3.61. The number of halogens is 2. The predicted octanol–water partition coefficient (Wildman–Crippen LogP) is 3.94. The summed E-state index contributed by atoms with van der Waals surface area (Å²) in [7, 11) is 0. The van der Waals surface area contributed by atoms with Crippen LogP contribution in [0.4, 0.5) is 15.8 Å². The van der Waals surface area contributed by atoms with Crippen molar-refractivity contribution in [3.05, 3.63) is 68.4 Å². The van der Waals surface area contributed by atoms with E-state index in [1.54, 1.807) is 18.2 Å². The molecule has 5 nitrogen and oxygen atoms in total. The molecule has 0 bridgehead atoms. The predicted molar refractivity (Wildman–Crippen MR) is 78.4 cm³/mol. The Hall–Kier alpha value is -2.28. The first-order valence-corrected chi connectivity index (χ1v) is 6.34. The van der Waals surface area contributed by atoms with E-state index < -0.39 is 10.7 Å². The average molecular weight is 338 g/mol. The minimum Gasteiger partial charge on any atom is -0.278 e. The lowest BCUT2D eigenvalue weighted by Crippen LogP contribution is -1.94. The van der Waals surface area contributed by atoms with E-state index in [4.69, 9.17) is 0 Å². The fourth-order valence-corrected chi connectivity index (χ4v) is 1.86. The molecule has 1 N–H and O–H groups in total. The Morgan fingerprint density at radius 3 is 2.85 bits per heavy atom. The van der Waals surface area contributed by atoms with E-state index in [0.717, 1.165) is 4.47 Å². The van der Waals surface area contributed by atoms with Crippen molar-refractivity contribution in [2.75, 3.05) is 5.43 Å². The molecule has 0 unspecified atom stereocenters. The summed E-state index contributed by atoms with van der Waals surface area (Å²) >= 11 is 3.23. The quantitative estimate of drug-likeness (QED) is 0.522. The standard InChI is InChI=1S/C13H9BrFN3O2/c14-10-4-5-13(15)9(6-10)8-16-17-11-2-1-3-12(7-11)18(19)20/h1-8,17H/b16-8-. The molecule has 102 valence electrons. The Morgan fingerprint density at radius 1 is 1.30 bits per heavy atom. The van der Waals surface area contributed by atoms with Crippen molar-refractivity contribution < 1.29 is 9.31 Å². The van der Waals surface area contributed by atoms with E-state index in [1.807, 2.05) is 0 Å². The lowest BCUT2D eigenvalue weighted by Gasteiger charge is -2.00. The molecule has 0 atom stereocenters. The molecule has 0 radical (unpaired) electrons. The molecule has 0 spiro atoms. The lowest BCUT2D eigenvalue weighted by molar-refractivity contribution is -0.384. The lowest BCUT2D eigenvalue weighted by atomic mass is 10.2. The first-order valence-electron chi connectivity index (χ1n) is 5.55. The SMILES string of the molecule is O=[N+]([O-])c1cccc(N/N=C\c2cc(Br)ccc2F)c1. The van der Waals surface area contributed by atoms with Crippen LogP contribution in [0.1, 0.15) is 5.56 Å². The molecule has 0 saturated carbocycles. The van der Waals surface area contributed by atoms with Crippen molar-refractivity contribution in [1.82, 2.24) is 0 Å². The Bertz CT molecular complexity index is 676. The number of non-ortho nitro benzene ring substituents is 1. The minimum atomic E-state index is -0.497. The average Bonchev–Trinajstić information content (AvgIpc) is 2.43. The fourth-order valence-electron chi connectivity index (χ4n) is 1.48. The van der Waals surface area contributed by atoms with Gasteiger partial charge in [-0.1, -0.05) is 22.0 Å². The number of hydrogen-bond donors (Lipinski definition) is 1. The molecular weight excluding hydrogens is 329 g/mol. The van der Waals surface area contributed by atoms with Crippen LogP contribution in [-0.2, 0) is 0 Å². The largest absolute Gasteiger partial charge is 0.278 e. The van der Waals surface area contributed by atoms with Crippen LogP contribution in [0, 0.1) is 15.9 Å². The topological polar surface area (TPSA) is 67.5 Å². The van der Waals surface area contributed by atoms with E-state index in [2.05, 4.69) is 26.5 Å². The van der Waals surface area contributed by atoms with Gasteiger partial charge in [0.05, 0.1) is 16.8 Å². The normalized spacial score (nSPS) is 10.7. The highest BCUT2D eigenvalue weighted by molar-refractivity contribution is 9.10. The zero-order valence-electron chi connectivity index (χ0n) is 10.1. The second kappa shape index (κ2) is 6.25. The summed E-state index contributed by atoms with van der Waals surface area (Å²) in [5, 5.41) is 14.5. The number of rotatable bonds is 4. The van der Waals surface area contributed by atoms with E-state index in [-0.39, 0.29) is 5.69 Å². The van der Waals surface area contributed by atoms with Gasteiger partial charge in [0.2, 0.25) is 0 Å². The van der Waals surface area contributed by atoms with Gasteiger partial charge >= 0.3 is 0 Å². The van der Waals surface area contributed by atoms with Crippen molar-refractivity contribution in [3.63, 3.8) is 0 Å². The van der Waals surface area contributed by atoms with Crippen molar-refractivity contribution in [1.29, 1.82) is 0 Å². The molecule has 0 heterocycles. The van der Waals surface area contributed by atoms with Crippen LogP contribution in [0.25, 0.3) is 0 Å². The Balaban J connectivity index is 2.12. The molecule has 0 amide bonds. The van der Waals surface area contributed by atoms with E-state index >= 15 is 0 Å². The van der Waals surface area contributed by atoms with E-state index in [0.29, 0.717) is 11.3 Å². The highest BCUT2D eigenvalue weighted by Crippen LogP contribution is 2.17. The van der Waals surface area contributed by atoms with Gasteiger partial charge in [-0.15, -0.1) is 0 Å². The van der Waals surface area contributed by atoms with Crippen molar-refractivity contribution >= 4 is 33.5 Å². The van der Waals surface area contributed by atoms with Gasteiger partial charge in [-0.3, -0.25) is 15.5 Å².